The number of benzene rings is 2. The van der Waals surface area contributed by atoms with E-state index in [9.17, 15) is 14.9 Å². The van der Waals surface area contributed by atoms with Crippen LogP contribution in [0.4, 0.5) is 5.69 Å². The van der Waals surface area contributed by atoms with Crippen LogP contribution >= 0.6 is 11.6 Å². The molecule has 0 aliphatic carbocycles. The van der Waals surface area contributed by atoms with Crippen molar-refractivity contribution in [3.05, 3.63) is 87.3 Å². The first-order chi connectivity index (χ1) is 14.8. The summed E-state index contributed by atoms with van der Waals surface area (Å²) in [5.74, 6) is -2.47. The van der Waals surface area contributed by atoms with E-state index in [1.807, 2.05) is 0 Å². The second-order valence-corrected chi connectivity index (χ2v) is 7.18. The Bertz CT molecular complexity index is 1150. The Hall–Kier alpha value is -3.76. The number of halogens is 1. The molecular weight excluding hydrogens is 418 g/mol. The largest absolute Gasteiger partial charge is 0.466 e. The highest BCUT2D eigenvalue weighted by molar-refractivity contribution is 6.31. The SMILES string of the molecule is COC(=O)C1=C(C(=O)OC)N(c2ccc(Cl)c(C)c2)C(N)=C(C#N)C1c1ccccc1. The van der Waals surface area contributed by atoms with Crippen LogP contribution in [0.1, 0.15) is 17.0 Å². The lowest BCUT2D eigenvalue weighted by Gasteiger charge is -2.36. The van der Waals surface area contributed by atoms with E-state index < -0.39 is 17.9 Å². The van der Waals surface area contributed by atoms with Gasteiger partial charge in [0.15, 0.2) is 0 Å². The lowest BCUT2D eigenvalue weighted by molar-refractivity contribution is -0.139. The van der Waals surface area contributed by atoms with E-state index in [1.165, 1.54) is 19.1 Å². The number of aryl methyl sites for hydroxylation is 1. The summed E-state index contributed by atoms with van der Waals surface area (Å²) in [5, 5.41) is 10.5. The summed E-state index contributed by atoms with van der Waals surface area (Å²) in [6.45, 7) is 1.79. The van der Waals surface area contributed by atoms with E-state index in [0.29, 0.717) is 16.3 Å². The van der Waals surface area contributed by atoms with Gasteiger partial charge >= 0.3 is 11.9 Å². The first kappa shape index (κ1) is 21.9. The maximum Gasteiger partial charge on any atom is 0.355 e. The number of rotatable bonds is 4. The third-order valence-corrected chi connectivity index (χ3v) is 5.43. The van der Waals surface area contributed by atoms with Crippen molar-refractivity contribution < 1.29 is 19.1 Å². The van der Waals surface area contributed by atoms with Gasteiger partial charge in [-0.15, -0.1) is 0 Å². The van der Waals surface area contributed by atoms with Crippen molar-refractivity contribution in [1.29, 1.82) is 5.26 Å². The fourth-order valence-corrected chi connectivity index (χ4v) is 3.67. The lowest BCUT2D eigenvalue weighted by atomic mass is 9.81. The predicted octanol–water partition coefficient (Wildman–Crippen LogP) is 3.55. The van der Waals surface area contributed by atoms with Crippen molar-refractivity contribution in [3.63, 3.8) is 0 Å². The molecule has 31 heavy (non-hydrogen) atoms. The Balaban J connectivity index is 2.41. The number of allylic oxidation sites excluding steroid dienone is 1. The highest BCUT2D eigenvalue weighted by atomic mass is 35.5. The van der Waals surface area contributed by atoms with Gasteiger partial charge in [-0.2, -0.15) is 5.26 Å². The van der Waals surface area contributed by atoms with Gasteiger partial charge in [-0.05, 0) is 36.2 Å². The molecule has 2 aromatic rings. The number of carbonyl (C=O) groups excluding carboxylic acids is 2. The molecule has 0 saturated heterocycles. The van der Waals surface area contributed by atoms with Gasteiger partial charge in [0.05, 0.1) is 37.4 Å². The van der Waals surface area contributed by atoms with Crippen molar-refractivity contribution in [3.8, 4) is 6.07 Å². The van der Waals surface area contributed by atoms with Crippen LogP contribution in [0, 0.1) is 18.3 Å². The molecule has 3 rings (SSSR count). The van der Waals surface area contributed by atoms with Gasteiger partial charge in [-0.1, -0.05) is 41.9 Å². The number of anilines is 1. The average Bonchev–Trinajstić information content (AvgIpc) is 2.79. The van der Waals surface area contributed by atoms with Crippen LogP contribution in [0.25, 0.3) is 0 Å². The van der Waals surface area contributed by atoms with Crippen LogP contribution in [-0.2, 0) is 19.1 Å². The van der Waals surface area contributed by atoms with E-state index >= 15 is 0 Å². The molecule has 0 aromatic heterocycles. The van der Waals surface area contributed by atoms with Gasteiger partial charge in [0.25, 0.3) is 0 Å². The van der Waals surface area contributed by atoms with Crippen LogP contribution in [0.2, 0.25) is 5.02 Å². The van der Waals surface area contributed by atoms with Gasteiger partial charge in [0.2, 0.25) is 0 Å². The molecule has 158 valence electrons. The molecule has 1 heterocycles. The van der Waals surface area contributed by atoms with Crippen molar-refractivity contribution in [2.45, 2.75) is 12.8 Å². The lowest BCUT2D eigenvalue weighted by Crippen LogP contribution is -2.40. The molecule has 1 aliphatic heterocycles. The van der Waals surface area contributed by atoms with Crippen LogP contribution in [0.5, 0.6) is 0 Å². The summed E-state index contributed by atoms with van der Waals surface area (Å²) >= 11 is 6.15. The second-order valence-electron chi connectivity index (χ2n) is 6.77. The van der Waals surface area contributed by atoms with Gasteiger partial charge in [0.1, 0.15) is 11.5 Å². The molecule has 1 unspecified atom stereocenters. The number of ether oxygens (including phenoxy) is 2. The molecule has 0 fully saturated rings. The summed E-state index contributed by atoms with van der Waals surface area (Å²) in [6, 6.07) is 15.9. The molecule has 1 atom stereocenters. The van der Waals surface area contributed by atoms with E-state index in [-0.39, 0.29) is 22.7 Å². The highest BCUT2D eigenvalue weighted by Crippen LogP contribution is 2.43. The van der Waals surface area contributed by atoms with Crippen LogP contribution in [-0.4, -0.2) is 26.2 Å². The Kier molecular flexibility index (Phi) is 6.33. The van der Waals surface area contributed by atoms with Crippen molar-refractivity contribution in [2.24, 2.45) is 5.73 Å². The van der Waals surface area contributed by atoms with Crippen molar-refractivity contribution in [2.75, 3.05) is 19.1 Å². The predicted molar refractivity (Wildman–Crippen MR) is 116 cm³/mol. The average molecular weight is 438 g/mol. The van der Waals surface area contributed by atoms with Gasteiger partial charge in [-0.25, -0.2) is 9.59 Å². The fraction of sp³-hybridized carbons (Fsp3) is 0.174. The Morgan fingerprint density at radius 1 is 1.10 bits per heavy atom. The Morgan fingerprint density at radius 2 is 1.74 bits per heavy atom. The van der Waals surface area contributed by atoms with E-state index in [2.05, 4.69) is 6.07 Å². The Labute approximate surface area is 184 Å². The highest BCUT2D eigenvalue weighted by Gasteiger charge is 2.42. The zero-order chi connectivity index (χ0) is 22.7. The molecule has 0 bridgehead atoms. The first-order valence-electron chi connectivity index (χ1n) is 9.27. The quantitative estimate of drug-likeness (QED) is 0.729. The van der Waals surface area contributed by atoms with E-state index in [4.69, 9.17) is 26.8 Å². The second kappa shape index (κ2) is 8.94. The van der Waals surface area contributed by atoms with Gasteiger partial charge in [0, 0.05) is 10.7 Å². The molecule has 1 aliphatic rings. The van der Waals surface area contributed by atoms with Crippen LogP contribution < -0.4 is 10.6 Å². The van der Waals surface area contributed by atoms with Crippen LogP contribution in [0.3, 0.4) is 0 Å². The molecular formula is C23H20ClN3O4. The summed E-state index contributed by atoms with van der Waals surface area (Å²) in [4.78, 5) is 27.2. The third-order valence-electron chi connectivity index (χ3n) is 5.01. The smallest absolute Gasteiger partial charge is 0.355 e. The monoisotopic (exact) mass is 437 g/mol. The minimum atomic E-state index is -0.905. The molecule has 2 N–H and O–H groups in total. The third kappa shape index (κ3) is 3.86. The number of nitrogens with zero attached hydrogens (tertiary/aromatic N) is 2. The number of hydrogen-bond acceptors (Lipinski definition) is 7. The molecule has 7 nitrogen and oxygen atoms in total. The van der Waals surface area contributed by atoms with E-state index in [0.717, 1.165) is 5.56 Å². The molecule has 0 spiro atoms. The van der Waals surface area contributed by atoms with Gasteiger partial charge < -0.3 is 15.2 Å². The maximum atomic E-state index is 12.9. The number of carbonyl (C=O) groups is 2. The minimum Gasteiger partial charge on any atom is -0.466 e. The normalized spacial score (nSPS) is 16.1. The van der Waals surface area contributed by atoms with Crippen molar-refractivity contribution in [1.82, 2.24) is 0 Å². The zero-order valence-corrected chi connectivity index (χ0v) is 17.9. The summed E-state index contributed by atoms with van der Waals surface area (Å²) in [5.41, 5.74) is 8.14. The maximum absolute atomic E-state index is 12.9. The molecule has 8 heteroatoms. The number of hydrogen-bond donors (Lipinski definition) is 1. The topological polar surface area (TPSA) is 106 Å². The van der Waals surface area contributed by atoms with Crippen molar-refractivity contribution >= 4 is 29.2 Å². The number of nitriles is 1. The Morgan fingerprint density at radius 3 is 2.29 bits per heavy atom. The molecule has 0 saturated carbocycles. The minimum absolute atomic E-state index is 0.00567. The molecule has 0 radical (unpaired) electrons. The zero-order valence-electron chi connectivity index (χ0n) is 17.2. The summed E-state index contributed by atoms with van der Waals surface area (Å²) in [6.07, 6.45) is 0. The molecule has 2 aromatic carbocycles. The number of methoxy groups -OCH3 is 2. The summed E-state index contributed by atoms with van der Waals surface area (Å²) < 4.78 is 9.98. The standard InChI is InChI=1S/C23H20ClN3O4/c1-13-11-15(9-10-17(13)24)27-20(23(29)31-3)19(22(28)30-2)18(16(12-25)21(27)26)14-7-5-4-6-8-14/h4-11,18H,26H2,1-3H3. The first-order valence-corrected chi connectivity index (χ1v) is 9.65. The number of nitrogens with two attached hydrogens (primary N) is 1. The molecule has 0 amide bonds. The number of esters is 2. The van der Waals surface area contributed by atoms with Gasteiger partial charge in [-0.3, -0.25) is 4.90 Å². The fourth-order valence-electron chi connectivity index (χ4n) is 3.55. The van der Waals surface area contributed by atoms with Crippen LogP contribution in [0.15, 0.2) is 71.2 Å². The van der Waals surface area contributed by atoms with E-state index in [1.54, 1.807) is 55.5 Å². The summed E-state index contributed by atoms with van der Waals surface area (Å²) in [7, 11) is 2.41.